The fourth-order valence-electron chi connectivity index (χ4n) is 2.23. The molecule has 27 heavy (non-hydrogen) atoms. The van der Waals surface area contributed by atoms with E-state index in [1.165, 1.54) is 0 Å². The summed E-state index contributed by atoms with van der Waals surface area (Å²) in [6.45, 7) is 5.44. The number of methoxy groups -OCH3 is 2. The number of nitrogens with one attached hydrogen (secondary N) is 1. The van der Waals surface area contributed by atoms with Crippen LogP contribution in [0.25, 0.3) is 0 Å². The fourth-order valence-corrected chi connectivity index (χ4v) is 2.23. The van der Waals surface area contributed by atoms with Crippen molar-refractivity contribution in [1.82, 2.24) is 0 Å². The molecule has 6 nitrogen and oxygen atoms in total. The second-order valence-electron chi connectivity index (χ2n) is 6.25. The highest BCUT2D eigenvalue weighted by Gasteiger charge is 2.05. The van der Waals surface area contributed by atoms with E-state index in [0.29, 0.717) is 36.5 Å². The smallest absolute Gasteiger partial charge is 0.193 e. The lowest BCUT2D eigenvalue weighted by Gasteiger charge is -2.11. The maximum absolute atomic E-state index is 5.97. The maximum atomic E-state index is 5.97. The Morgan fingerprint density at radius 1 is 1.04 bits per heavy atom. The summed E-state index contributed by atoms with van der Waals surface area (Å²) in [6.07, 6.45) is 0. The summed E-state index contributed by atoms with van der Waals surface area (Å²) >= 11 is 0. The SMILES string of the molecule is COc1ccc(NC(N)=NCc2ccc(OCC(C)C)cc2)cc1OC.I. The highest BCUT2D eigenvalue weighted by molar-refractivity contribution is 14.0. The van der Waals surface area contributed by atoms with Gasteiger partial charge in [0.25, 0.3) is 0 Å². The van der Waals surface area contributed by atoms with Crippen LogP contribution in [0.5, 0.6) is 17.2 Å². The third-order valence-electron chi connectivity index (χ3n) is 3.59. The van der Waals surface area contributed by atoms with Crippen LogP contribution in [0.2, 0.25) is 0 Å². The number of aliphatic imine (C=N–C) groups is 1. The van der Waals surface area contributed by atoms with Crippen molar-refractivity contribution >= 4 is 35.6 Å². The Balaban J connectivity index is 0.00000364. The highest BCUT2D eigenvalue weighted by Crippen LogP contribution is 2.29. The van der Waals surface area contributed by atoms with Gasteiger partial charge in [0, 0.05) is 11.8 Å². The molecule has 0 aliphatic rings. The molecule has 0 spiro atoms. The average molecular weight is 485 g/mol. The Labute approximate surface area is 178 Å². The summed E-state index contributed by atoms with van der Waals surface area (Å²) in [5, 5.41) is 3.05. The van der Waals surface area contributed by atoms with Crippen molar-refractivity contribution in [2.75, 3.05) is 26.1 Å². The van der Waals surface area contributed by atoms with Crippen LogP contribution in [0.1, 0.15) is 19.4 Å². The molecule has 148 valence electrons. The van der Waals surface area contributed by atoms with E-state index in [4.69, 9.17) is 19.9 Å². The second-order valence-corrected chi connectivity index (χ2v) is 6.25. The molecule has 2 aromatic rings. The lowest BCUT2D eigenvalue weighted by atomic mass is 10.2. The van der Waals surface area contributed by atoms with Crippen LogP contribution in [0, 0.1) is 5.92 Å². The predicted octanol–water partition coefficient (Wildman–Crippen LogP) is 4.28. The van der Waals surface area contributed by atoms with Crippen molar-refractivity contribution in [1.29, 1.82) is 0 Å². The molecular formula is C20H28IN3O3. The first kappa shape index (κ1) is 22.9. The van der Waals surface area contributed by atoms with Gasteiger partial charge in [-0.05, 0) is 35.7 Å². The van der Waals surface area contributed by atoms with E-state index >= 15 is 0 Å². The van der Waals surface area contributed by atoms with Crippen LogP contribution in [0.4, 0.5) is 5.69 Å². The molecule has 0 saturated heterocycles. The highest BCUT2D eigenvalue weighted by atomic mass is 127. The number of halogens is 1. The van der Waals surface area contributed by atoms with Gasteiger partial charge in [0.15, 0.2) is 17.5 Å². The van der Waals surface area contributed by atoms with Crippen molar-refractivity contribution in [2.24, 2.45) is 16.6 Å². The number of anilines is 1. The molecular weight excluding hydrogens is 457 g/mol. The molecule has 0 aliphatic carbocycles. The standard InChI is InChI=1S/C20H27N3O3.HI/c1-14(2)13-26-17-8-5-15(6-9-17)12-22-20(21)23-16-7-10-18(24-3)19(11-16)25-4;/h5-11,14H,12-13H2,1-4H3,(H3,21,22,23);1H. The molecule has 3 N–H and O–H groups in total. The van der Waals surface area contributed by atoms with Crippen molar-refractivity contribution in [3.8, 4) is 17.2 Å². The third-order valence-corrected chi connectivity index (χ3v) is 3.59. The average Bonchev–Trinajstić information content (AvgIpc) is 2.65. The zero-order valence-electron chi connectivity index (χ0n) is 16.2. The Bertz CT molecular complexity index is 734. The van der Waals surface area contributed by atoms with E-state index in [-0.39, 0.29) is 24.0 Å². The van der Waals surface area contributed by atoms with E-state index in [2.05, 4.69) is 24.2 Å². The molecule has 0 atom stereocenters. The Kier molecular flexibility index (Phi) is 9.77. The first-order chi connectivity index (χ1) is 12.5. The minimum atomic E-state index is 0. The molecule has 0 saturated carbocycles. The van der Waals surface area contributed by atoms with Gasteiger partial charge in [-0.1, -0.05) is 26.0 Å². The van der Waals surface area contributed by atoms with Crippen LogP contribution < -0.4 is 25.3 Å². The predicted molar refractivity (Wildman–Crippen MR) is 121 cm³/mol. The molecule has 0 fully saturated rings. The van der Waals surface area contributed by atoms with Gasteiger partial charge in [-0.3, -0.25) is 0 Å². The van der Waals surface area contributed by atoms with E-state index in [9.17, 15) is 0 Å². The minimum absolute atomic E-state index is 0. The zero-order valence-corrected chi connectivity index (χ0v) is 18.5. The summed E-state index contributed by atoms with van der Waals surface area (Å²) in [5.74, 6) is 2.98. The largest absolute Gasteiger partial charge is 0.493 e. The molecule has 0 amide bonds. The zero-order chi connectivity index (χ0) is 18.9. The fraction of sp³-hybridized carbons (Fsp3) is 0.350. The molecule has 0 unspecified atom stereocenters. The van der Waals surface area contributed by atoms with Crippen LogP contribution >= 0.6 is 24.0 Å². The van der Waals surface area contributed by atoms with E-state index < -0.39 is 0 Å². The van der Waals surface area contributed by atoms with Gasteiger partial charge in [-0.25, -0.2) is 4.99 Å². The summed E-state index contributed by atoms with van der Waals surface area (Å²) in [7, 11) is 3.19. The Hall–Kier alpha value is -2.16. The molecule has 0 aromatic heterocycles. The van der Waals surface area contributed by atoms with Crippen LogP contribution in [-0.4, -0.2) is 26.8 Å². The third kappa shape index (κ3) is 7.54. The molecule has 0 heterocycles. The minimum Gasteiger partial charge on any atom is -0.493 e. The Morgan fingerprint density at radius 2 is 1.70 bits per heavy atom. The lowest BCUT2D eigenvalue weighted by Crippen LogP contribution is -2.22. The molecule has 0 bridgehead atoms. The number of ether oxygens (including phenoxy) is 3. The normalized spacial score (nSPS) is 10.9. The summed E-state index contributed by atoms with van der Waals surface area (Å²) in [6, 6.07) is 13.3. The molecule has 2 aromatic carbocycles. The quantitative estimate of drug-likeness (QED) is 0.332. The summed E-state index contributed by atoms with van der Waals surface area (Å²) in [5.41, 5.74) is 7.80. The topological polar surface area (TPSA) is 78.1 Å². The second kappa shape index (κ2) is 11.5. The summed E-state index contributed by atoms with van der Waals surface area (Å²) < 4.78 is 16.2. The summed E-state index contributed by atoms with van der Waals surface area (Å²) in [4.78, 5) is 4.36. The van der Waals surface area contributed by atoms with E-state index in [0.717, 1.165) is 17.0 Å². The van der Waals surface area contributed by atoms with Gasteiger partial charge in [0.05, 0.1) is 27.4 Å². The number of nitrogens with zero attached hydrogens (tertiary/aromatic N) is 1. The van der Waals surface area contributed by atoms with Crippen molar-refractivity contribution < 1.29 is 14.2 Å². The van der Waals surface area contributed by atoms with Crippen LogP contribution in [0.15, 0.2) is 47.5 Å². The van der Waals surface area contributed by atoms with Crippen LogP contribution in [0.3, 0.4) is 0 Å². The monoisotopic (exact) mass is 485 g/mol. The van der Waals surface area contributed by atoms with Crippen molar-refractivity contribution in [3.63, 3.8) is 0 Å². The van der Waals surface area contributed by atoms with Gasteiger partial charge in [0.1, 0.15) is 5.75 Å². The Morgan fingerprint density at radius 3 is 2.30 bits per heavy atom. The van der Waals surface area contributed by atoms with Gasteiger partial charge < -0.3 is 25.3 Å². The van der Waals surface area contributed by atoms with Gasteiger partial charge in [0.2, 0.25) is 0 Å². The lowest BCUT2D eigenvalue weighted by molar-refractivity contribution is 0.271. The van der Waals surface area contributed by atoms with Crippen LogP contribution in [-0.2, 0) is 6.54 Å². The molecule has 2 rings (SSSR count). The first-order valence-electron chi connectivity index (χ1n) is 8.52. The number of hydrogen-bond donors (Lipinski definition) is 2. The van der Waals surface area contributed by atoms with E-state index in [1.54, 1.807) is 14.2 Å². The molecule has 7 heteroatoms. The van der Waals surface area contributed by atoms with Gasteiger partial charge in [-0.2, -0.15) is 0 Å². The van der Waals surface area contributed by atoms with Gasteiger partial charge >= 0.3 is 0 Å². The number of benzene rings is 2. The number of guanidine groups is 1. The molecule has 0 aliphatic heterocycles. The number of nitrogens with two attached hydrogens (primary N) is 1. The molecule has 0 radical (unpaired) electrons. The van der Waals surface area contributed by atoms with E-state index in [1.807, 2.05) is 42.5 Å². The maximum Gasteiger partial charge on any atom is 0.193 e. The van der Waals surface area contributed by atoms with Crippen molar-refractivity contribution in [3.05, 3.63) is 48.0 Å². The number of hydrogen-bond acceptors (Lipinski definition) is 4. The van der Waals surface area contributed by atoms with Gasteiger partial charge in [-0.15, -0.1) is 24.0 Å². The number of rotatable bonds is 8. The van der Waals surface area contributed by atoms with Crippen molar-refractivity contribution in [2.45, 2.75) is 20.4 Å². The first-order valence-corrected chi connectivity index (χ1v) is 8.52.